The summed E-state index contributed by atoms with van der Waals surface area (Å²) in [5.74, 6) is 1.84. The third kappa shape index (κ3) is 3.25. The normalized spacial score (nSPS) is 23.5. The Hall–Kier alpha value is -2.37. The molecule has 0 bridgehead atoms. The van der Waals surface area contributed by atoms with E-state index in [9.17, 15) is 4.79 Å². The van der Waals surface area contributed by atoms with E-state index in [0.29, 0.717) is 36.0 Å². The van der Waals surface area contributed by atoms with Crippen molar-refractivity contribution < 1.29 is 9.32 Å². The number of hydrogen-bond acceptors (Lipinski definition) is 4. The molecule has 2 atom stereocenters. The lowest BCUT2D eigenvalue weighted by atomic mass is 9.95. The van der Waals surface area contributed by atoms with Crippen LogP contribution in [0.1, 0.15) is 42.1 Å². The van der Waals surface area contributed by atoms with Crippen LogP contribution in [-0.4, -0.2) is 29.3 Å². The van der Waals surface area contributed by atoms with E-state index in [0.717, 1.165) is 13.0 Å². The molecule has 0 radical (unpaired) electrons. The molecule has 0 saturated heterocycles. The maximum Gasteiger partial charge on any atom is 0.314 e. The van der Waals surface area contributed by atoms with E-state index in [1.165, 1.54) is 30.4 Å². The molecule has 0 unspecified atom stereocenters. The molecule has 2 N–H and O–H groups in total. The highest BCUT2D eigenvalue weighted by Crippen LogP contribution is 2.61. The van der Waals surface area contributed by atoms with Gasteiger partial charge in [0.25, 0.3) is 0 Å². The number of hydrogen-bond donors (Lipinski definition) is 2. The van der Waals surface area contributed by atoms with Gasteiger partial charge in [-0.25, -0.2) is 4.79 Å². The highest BCUT2D eigenvalue weighted by Gasteiger charge is 2.57. The van der Waals surface area contributed by atoms with Gasteiger partial charge in [-0.2, -0.15) is 4.98 Å². The number of nitrogens with one attached hydrogen (secondary N) is 2. The number of carbonyl (C=O) groups is 1. The van der Waals surface area contributed by atoms with Gasteiger partial charge >= 0.3 is 6.03 Å². The first-order valence-corrected chi connectivity index (χ1v) is 9.07. The summed E-state index contributed by atoms with van der Waals surface area (Å²) in [6.45, 7) is 3.15. The Morgan fingerprint density at radius 2 is 2.24 bits per heavy atom. The maximum atomic E-state index is 12.0. The number of aromatic nitrogens is 2. The molecule has 1 fully saturated rings. The van der Waals surface area contributed by atoms with E-state index < -0.39 is 0 Å². The van der Waals surface area contributed by atoms with Gasteiger partial charge in [0.05, 0.1) is 0 Å². The van der Waals surface area contributed by atoms with Gasteiger partial charge in [0.1, 0.15) is 0 Å². The van der Waals surface area contributed by atoms with E-state index in [-0.39, 0.29) is 6.03 Å². The Labute approximate surface area is 147 Å². The highest BCUT2D eigenvalue weighted by atomic mass is 16.5. The molecule has 6 nitrogen and oxygen atoms in total. The van der Waals surface area contributed by atoms with Gasteiger partial charge in [0, 0.05) is 24.9 Å². The fourth-order valence-electron chi connectivity index (χ4n) is 4.16. The van der Waals surface area contributed by atoms with Gasteiger partial charge in [-0.1, -0.05) is 29.4 Å². The number of urea groups is 1. The lowest BCUT2D eigenvalue weighted by molar-refractivity contribution is 0.240. The van der Waals surface area contributed by atoms with Crippen LogP contribution in [0.3, 0.4) is 0 Å². The predicted octanol–water partition coefficient (Wildman–Crippen LogP) is 2.51. The van der Waals surface area contributed by atoms with Crippen LogP contribution < -0.4 is 10.6 Å². The van der Waals surface area contributed by atoms with Crippen molar-refractivity contribution >= 4 is 6.03 Å². The number of benzene rings is 1. The first-order chi connectivity index (χ1) is 12.2. The van der Waals surface area contributed by atoms with Crippen LogP contribution in [0.15, 0.2) is 28.8 Å². The monoisotopic (exact) mass is 340 g/mol. The Bertz CT molecular complexity index is 772. The molecule has 25 heavy (non-hydrogen) atoms. The second kappa shape index (κ2) is 6.50. The minimum Gasteiger partial charge on any atom is -0.339 e. The van der Waals surface area contributed by atoms with E-state index in [4.69, 9.17) is 4.52 Å². The van der Waals surface area contributed by atoms with Crippen molar-refractivity contribution in [2.24, 2.45) is 5.92 Å². The average molecular weight is 340 g/mol. The summed E-state index contributed by atoms with van der Waals surface area (Å²) < 4.78 is 5.05. The molecule has 1 saturated carbocycles. The summed E-state index contributed by atoms with van der Waals surface area (Å²) >= 11 is 0. The molecule has 1 heterocycles. The average Bonchev–Trinajstić information content (AvgIpc) is 2.96. The number of rotatable bonds is 6. The molecule has 2 aliphatic carbocycles. The van der Waals surface area contributed by atoms with Crippen LogP contribution in [0.2, 0.25) is 0 Å². The van der Waals surface area contributed by atoms with Crippen LogP contribution in [0, 0.1) is 12.8 Å². The molecule has 132 valence electrons. The number of fused-ring (bicyclic) bond motifs is 2. The molecule has 2 amide bonds. The third-order valence-electron chi connectivity index (χ3n) is 5.56. The first-order valence-electron chi connectivity index (χ1n) is 9.07. The zero-order valence-corrected chi connectivity index (χ0v) is 14.5. The van der Waals surface area contributed by atoms with E-state index in [1.54, 1.807) is 6.92 Å². The Morgan fingerprint density at radius 1 is 1.36 bits per heavy atom. The maximum absolute atomic E-state index is 12.0. The van der Waals surface area contributed by atoms with Crippen LogP contribution in [-0.2, 0) is 18.3 Å². The largest absolute Gasteiger partial charge is 0.339 e. The lowest BCUT2D eigenvalue weighted by Crippen LogP contribution is -2.37. The highest BCUT2D eigenvalue weighted by molar-refractivity contribution is 5.73. The van der Waals surface area contributed by atoms with E-state index in [2.05, 4.69) is 45.0 Å². The quantitative estimate of drug-likeness (QED) is 0.792. The standard InChI is InChI=1S/C19H24N4O2/c1-13-22-17(25-23-13)7-4-10-20-18(24)21-12-15-11-19(15)9-8-14-5-2-3-6-16(14)19/h2-3,5-6,15H,4,7-12H2,1H3,(H2,20,21,24)/t15-,19-/m0/s1. The fraction of sp³-hybridized carbons (Fsp3) is 0.526. The predicted molar refractivity (Wildman–Crippen MR) is 93.3 cm³/mol. The molecule has 0 aliphatic heterocycles. The first kappa shape index (κ1) is 16.1. The van der Waals surface area contributed by atoms with E-state index >= 15 is 0 Å². The summed E-state index contributed by atoms with van der Waals surface area (Å²) in [5.41, 5.74) is 3.34. The number of amides is 2. The second-order valence-corrected chi connectivity index (χ2v) is 7.19. The lowest BCUT2D eigenvalue weighted by Gasteiger charge is -2.12. The number of aryl methyl sites for hydroxylation is 3. The zero-order valence-electron chi connectivity index (χ0n) is 14.5. The van der Waals surface area contributed by atoms with Crippen molar-refractivity contribution in [3.63, 3.8) is 0 Å². The minimum absolute atomic E-state index is 0.0879. The van der Waals surface area contributed by atoms with Crippen LogP contribution in [0.25, 0.3) is 0 Å². The van der Waals surface area contributed by atoms with Crippen molar-refractivity contribution in [3.05, 3.63) is 47.1 Å². The van der Waals surface area contributed by atoms with Crippen molar-refractivity contribution in [3.8, 4) is 0 Å². The van der Waals surface area contributed by atoms with Crippen molar-refractivity contribution in [2.75, 3.05) is 13.1 Å². The summed E-state index contributed by atoms with van der Waals surface area (Å²) in [6.07, 6.45) is 5.07. The van der Waals surface area contributed by atoms with Gasteiger partial charge in [0.2, 0.25) is 5.89 Å². The summed E-state index contributed by atoms with van der Waals surface area (Å²) in [7, 11) is 0. The van der Waals surface area contributed by atoms with Gasteiger partial charge in [-0.05, 0) is 49.7 Å². The molecule has 6 heteroatoms. The van der Waals surface area contributed by atoms with Crippen molar-refractivity contribution in [1.29, 1.82) is 0 Å². The summed E-state index contributed by atoms with van der Waals surface area (Å²) in [6, 6.07) is 8.67. The number of nitrogens with zero attached hydrogens (tertiary/aromatic N) is 2. The summed E-state index contributed by atoms with van der Waals surface area (Å²) in [5, 5.41) is 9.68. The van der Waals surface area contributed by atoms with Crippen molar-refractivity contribution in [2.45, 2.75) is 44.4 Å². The van der Waals surface area contributed by atoms with Gasteiger partial charge in [0.15, 0.2) is 5.82 Å². The zero-order chi connectivity index (χ0) is 17.3. The Morgan fingerprint density at radius 3 is 3.08 bits per heavy atom. The summed E-state index contributed by atoms with van der Waals surface area (Å²) in [4.78, 5) is 16.1. The van der Waals surface area contributed by atoms with Crippen molar-refractivity contribution in [1.82, 2.24) is 20.8 Å². The molecule has 1 spiro atoms. The SMILES string of the molecule is Cc1noc(CCCNC(=O)NC[C@@H]2C[C@@]23CCc2ccccc23)n1. The topological polar surface area (TPSA) is 80.0 Å². The Kier molecular flexibility index (Phi) is 4.19. The molecule has 1 aromatic carbocycles. The molecular weight excluding hydrogens is 316 g/mol. The molecule has 4 rings (SSSR count). The van der Waals surface area contributed by atoms with Gasteiger partial charge in [-0.15, -0.1) is 0 Å². The van der Waals surface area contributed by atoms with E-state index in [1.807, 2.05) is 0 Å². The number of carbonyl (C=O) groups excluding carboxylic acids is 1. The fourth-order valence-corrected chi connectivity index (χ4v) is 4.16. The molecule has 2 aliphatic rings. The molecule has 2 aromatic rings. The second-order valence-electron chi connectivity index (χ2n) is 7.19. The van der Waals surface area contributed by atoms with Gasteiger partial charge < -0.3 is 15.2 Å². The smallest absolute Gasteiger partial charge is 0.314 e. The Balaban J connectivity index is 1.17. The van der Waals surface area contributed by atoms with Crippen LogP contribution in [0.5, 0.6) is 0 Å². The van der Waals surface area contributed by atoms with Crippen LogP contribution in [0.4, 0.5) is 4.79 Å². The molecule has 1 aromatic heterocycles. The molecular formula is C19H24N4O2. The third-order valence-corrected chi connectivity index (χ3v) is 5.56. The van der Waals surface area contributed by atoms with Gasteiger partial charge in [-0.3, -0.25) is 0 Å². The van der Waals surface area contributed by atoms with Crippen LogP contribution >= 0.6 is 0 Å². The minimum atomic E-state index is -0.0879.